The molecule has 0 spiro atoms. The Morgan fingerprint density at radius 2 is 2.17 bits per heavy atom. The van der Waals surface area contributed by atoms with Crippen molar-refractivity contribution in [1.82, 2.24) is 4.98 Å². The summed E-state index contributed by atoms with van der Waals surface area (Å²) in [5.41, 5.74) is 8.08. The van der Waals surface area contributed by atoms with Crippen LogP contribution >= 0.6 is 11.3 Å². The van der Waals surface area contributed by atoms with Gasteiger partial charge in [-0.25, -0.2) is 13.4 Å². The zero-order valence-corrected chi connectivity index (χ0v) is 12.0. The maximum atomic E-state index is 11.1. The van der Waals surface area contributed by atoms with E-state index in [9.17, 15) is 8.42 Å². The molecule has 0 saturated carbocycles. The Bertz CT molecular complexity index is 662. The molecule has 1 unspecified atom stereocenters. The van der Waals surface area contributed by atoms with E-state index in [0.717, 1.165) is 20.8 Å². The number of benzene rings is 1. The summed E-state index contributed by atoms with van der Waals surface area (Å²) in [4.78, 5) is 4.51. The molecule has 18 heavy (non-hydrogen) atoms. The largest absolute Gasteiger partial charge is 0.322 e. The van der Waals surface area contributed by atoms with Gasteiger partial charge in [-0.3, -0.25) is 0 Å². The van der Waals surface area contributed by atoms with Crippen molar-refractivity contribution in [2.45, 2.75) is 19.4 Å². The van der Waals surface area contributed by atoms with Gasteiger partial charge in [0, 0.05) is 6.26 Å². The summed E-state index contributed by atoms with van der Waals surface area (Å²) < 4.78 is 23.3. The maximum absolute atomic E-state index is 11.1. The van der Waals surface area contributed by atoms with Crippen molar-refractivity contribution in [1.29, 1.82) is 0 Å². The van der Waals surface area contributed by atoms with E-state index in [2.05, 4.69) is 4.98 Å². The van der Waals surface area contributed by atoms with Gasteiger partial charge < -0.3 is 5.73 Å². The fourth-order valence-corrected chi connectivity index (χ4v) is 3.49. The Balaban J connectivity index is 2.23. The van der Waals surface area contributed by atoms with Crippen LogP contribution in [0.5, 0.6) is 0 Å². The smallest absolute Gasteiger partial charge is 0.147 e. The number of aromatic nitrogens is 1. The van der Waals surface area contributed by atoms with E-state index in [0.29, 0.717) is 6.42 Å². The topological polar surface area (TPSA) is 73.1 Å². The molecule has 2 aromatic rings. The van der Waals surface area contributed by atoms with Crippen LogP contribution in [0.4, 0.5) is 0 Å². The second-order valence-electron chi connectivity index (χ2n) is 4.50. The summed E-state index contributed by atoms with van der Waals surface area (Å²) in [6.45, 7) is 2.01. The van der Waals surface area contributed by atoms with Gasteiger partial charge in [-0.05, 0) is 25.0 Å². The number of nitrogens with two attached hydrogens (primary N) is 1. The highest BCUT2D eigenvalue weighted by Gasteiger charge is 2.15. The summed E-state index contributed by atoms with van der Waals surface area (Å²) in [6, 6.07) is 5.69. The number of rotatable bonds is 4. The Hall–Kier alpha value is -0.980. The molecule has 0 aliphatic heterocycles. The van der Waals surface area contributed by atoms with Crippen LogP contribution in [0.25, 0.3) is 10.2 Å². The highest BCUT2D eigenvalue weighted by Crippen LogP contribution is 2.28. The lowest BCUT2D eigenvalue weighted by molar-refractivity contribution is 0.591. The predicted molar refractivity (Wildman–Crippen MR) is 75.6 cm³/mol. The first-order chi connectivity index (χ1) is 8.37. The molecule has 0 bridgehead atoms. The Kier molecular flexibility index (Phi) is 3.70. The molecule has 0 amide bonds. The van der Waals surface area contributed by atoms with Crippen LogP contribution in [-0.4, -0.2) is 25.4 Å². The summed E-state index contributed by atoms with van der Waals surface area (Å²) in [5, 5.41) is 0.808. The molecule has 1 aromatic heterocycles. The molecule has 0 aliphatic rings. The number of thiazole rings is 1. The third-order valence-corrected chi connectivity index (χ3v) is 4.88. The Morgan fingerprint density at radius 1 is 1.44 bits per heavy atom. The summed E-state index contributed by atoms with van der Waals surface area (Å²) in [7, 11) is -2.97. The third kappa shape index (κ3) is 3.07. The van der Waals surface area contributed by atoms with Crippen LogP contribution in [0.2, 0.25) is 0 Å². The van der Waals surface area contributed by atoms with Crippen molar-refractivity contribution in [3.63, 3.8) is 0 Å². The van der Waals surface area contributed by atoms with Crippen LogP contribution in [0.3, 0.4) is 0 Å². The average Bonchev–Trinajstić information content (AvgIpc) is 2.70. The SMILES string of the molecule is Cc1cccc2sc(C(N)CCS(C)(=O)=O)nc12. The molecular formula is C12H16N2O2S2. The minimum absolute atomic E-state index is 0.100. The molecule has 1 heterocycles. The van der Waals surface area contributed by atoms with Crippen LogP contribution in [0, 0.1) is 6.92 Å². The van der Waals surface area contributed by atoms with E-state index in [1.54, 1.807) is 0 Å². The quantitative estimate of drug-likeness (QED) is 0.932. The van der Waals surface area contributed by atoms with E-state index in [-0.39, 0.29) is 11.8 Å². The molecule has 0 radical (unpaired) electrons. The fraction of sp³-hybridized carbons (Fsp3) is 0.417. The molecule has 0 fully saturated rings. The first-order valence-corrected chi connectivity index (χ1v) is 8.54. The van der Waals surface area contributed by atoms with Gasteiger partial charge in [-0.15, -0.1) is 11.3 Å². The highest BCUT2D eigenvalue weighted by atomic mass is 32.2. The van der Waals surface area contributed by atoms with Crippen molar-refractivity contribution >= 4 is 31.4 Å². The minimum Gasteiger partial charge on any atom is -0.322 e. The molecule has 2 N–H and O–H groups in total. The lowest BCUT2D eigenvalue weighted by Crippen LogP contribution is -2.15. The van der Waals surface area contributed by atoms with Gasteiger partial charge in [0.25, 0.3) is 0 Å². The van der Waals surface area contributed by atoms with Crippen molar-refractivity contribution in [2.75, 3.05) is 12.0 Å². The lowest BCUT2D eigenvalue weighted by Gasteiger charge is -2.06. The van der Waals surface area contributed by atoms with E-state index >= 15 is 0 Å². The number of hydrogen-bond donors (Lipinski definition) is 1. The van der Waals surface area contributed by atoms with Crippen LogP contribution in [0.15, 0.2) is 18.2 Å². The van der Waals surface area contributed by atoms with E-state index in [1.165, 1.54) is 17.6 Å². The summed E-state index contributed by atoms with van der Waals surface area (Å²) in [5.74, 6) is 0.100. The maximum Gasteiger partial charge on any atom is 0.147 e. The monoisotopic (exact) mass is 284 g/mol. The van der Waals surface area contributed by atoms with Crippen molar-refractivity contribution in [2.24, 2.45) is 5.73 Å². The second kappa shape index (κ2) is 4.95. The second-order valence-corrected chi connectivity index (χ2v) is 7.82. The fourth-order valence-electron chi connectivity index (χ4n) is 1.73. The van der Waals surface area contributed by atoms with Crippen LogP contribution in [-0.2, 0) is 9.84 Å². The molecule has 1 aromatic carbocycles. The van der Waals surface area contributed by atoms with E-state index < -0.39 is 9.84 Å². The lowest BCUT2D eigenvalue weighted by atomic mass is 10.2. The number of nitrogens with zero attached hydrogens (tertiary/aromatic N) is 1. The zero-order chi connectivity index (χ0) is 13.3. The average molecular weight is 284 g/mol. The van der Waals surface area contributed by atoms with Gasteiger partial charge >= 0.3 is 0 Å². The number of para-hydroxylation sites is 1. The predicted octanol–water partition coefficient (Wildman–Crippen LogP) is 2.04. The molecule has 0 saturated heterocycles. The number of hydrogen-bond acceptors (Lipinski definition) is 5. The van der Waals surface area contributed by atoms with Gasteiger partial charge in [0.15, 0.2) is 0 Å². The molecular weight excluding hydrogens is 268 g/mol. The van der Waals surface area contributed by atoms with Crippen molar-refractivity contribution < 1.29 is 8.42 Å². The number of fused-ring (bicyclic) bond motifs is 1. The standard InChI is InChI=1S/C12H16N2O2S2/c1-8-4-3-5-10-11(8)14-12(17-10)9(13)6-7-18(2,15)16/h3-5,9H,6-7,13H2,1-2H3. The Morgan fingerprint density at radius 3 is 2.78 bits per heavy atom. The van der Waals surface area contributed by atoms with Gasteiger partial charge in [-0.2, -0.15) is 0 Å². The molecule has 4 nitrogen and oxygen atoms in total. The van der Waals surface area contributed by atoms with Gasteiger partial charge in [0.2, 0.25) is 0 Å². The zero-order valence-electron chi connectivity index (χ0n) is 10.4. The van der Waals surface area contributed by atoms with E-state index in [4.69, 9.17) is 5.73 Å². The van der Waals surface area contributed by atoms with Gasteiger partial charge in [0.05, 0.1) is 22.0 Å². The molecule has 1 atom stereocenters. The molecule has 2 rings (SSSR count). The molecule has 0 aliphatic carbocycles. The summed E-state index contributed by atoms with van der Waals surface area (Å²) >= 11 is 1.54. The van der Waals surface area contributed by atoms with Crippen LogP contribution in [0.1, 0.15) is 23.0 Å². The number of sulfone groups is 1. The third-order valence-electron chi connectivity index (χ3n) is 2.75. The molecule has 6 heteroatoms. The number of aryl methyl sites for hydroxylation is 1. The normalized spacial score (nSPS) is 13.9. The van der Waals surface area contributed by atoms with Crippen LogP contribution < -0.4 is 5.73 Å². The Labute approximate surface area is 111 Å². The van der Waals surface area contributed by atoms with Crippen molar-refractivity contribution in [3.8, 4) is 0 Å². The minimum atomic E-state index is -2.97. The first-order valence-electron chi connectivity index (χ1n) is 5.66. The summed E-state index contributed by atoms with van der Waals surface area (Å²) in [6.07, 6.45) is 1.64. The first kappa shape index (κ1) is 13.5. The van der Waals surface area contributed by atoms with Gasteiger partial charge in [-0.1, -0.05) is 12.1 Å². The molecule has 98 valence electrons. The highest BCUT2D eigenvalue weighted by molar-refractivity contribution is 7.90. The van der Waals surface area contributed by atoms with E-state index in [1.807, 2.05) is 25.1 Å². The van der Waals surface area contributed by atoms with Crippen molar-refractivity contribution in [3.05, 3.63) is 28.8 Å². The van der Waals surface area contributed by atoms with Gasteiger partial charge in [0.1, 0.15) is 14.8 Å².